The Kier molecular flexibility index (Phi) is 10.6. The van der Waals surface area contributed by atoms with Crippen molar-refractivity contribution in [3.05, 3.63) is 47.6 Å². The maximum atomic E-state index is 11.3. The van der Waals surface area contributed by atoms with E-state index in [1.54, 1.807) is 0 Å². The van der Waals surface area contributed by atoms with Crippen LogP contribution in [0, 0.1) is 0 Å². The van der Waals surface area contributed by atoms with Crippen molar-refractivity contribution in [3.8, 4) is 0 Å². The molecule has 0 radical (unpaired) electrons. The molecule has 0 atom stereocenters. The normalized spacial score (nSPS) is 13.5. The largest absolute Gasteiger partial charge is 0.466 e. The summed E-state index contributed by atoms with van der Waals surface area (Å²) in [6.07, 6.45) is 14.6. The second-order valence-electron chi connectivity index (χ2n) is 4.05. The fourth-order valence-electron chi connectivity index (χ4n) is 1.69. The molecule has 0 aromatic heterocycles. The van der Waals surface area contributed by atoms with E-state index in [9.17, 15) is 4.79 Å². The molecule has 0 rings (SSSR count). The second kappa shape index (κ2) is 11.5. The maximum absolute atomic E-state index is 11.3. The smallest absolute Gasteiger partial charge is 0.309 e. The minimum atomic E-state index is -0.179. The highest BCUT2D eigenvalue weighted by Gasteiger charge is 1.99. The number of hydrogen-bond donors (Lipinski definition) is 0. The fourth-order valence-corrected chi connectivity index (χ4v) is 1.69. The predicted octanol–water partition coefficient (Wildman–Crippen LogP) is 4.74. The van der Waals surface area contributed by atoms with Crippen LogP contribution in [0.5, 0.6) is 0 Å². The third-order valence-corrected chi connectivity index (χ3v) is 2.41. The minimum Gasteiger partial charge on any atom is -0.466 e. The lowest BCUT2D eigenvalue weighted by atomic mass is 10.0. The van der Waals surface area contributed by atoms with Crippen molar-refractivity contribution in [1.82, 2.24) is 0 Å². The molecule has 0 N–H and O–H groups in total. The van der Waals surface area contributed by atoms with Crippen LogP contribution in [-0.2, 0) is 9.53 Å². The Morgan fingerprint density at radius 2 is 1.58 bits per heavy atom. The molecule has 0 aliphatic rings. The van der Waals surface area contributed by atoms with Crippen LogP contribution in [0.1, 0.15) is 47.0 Å². The van der Waals surface area contributed by atoms with E-state index >= 15 is 0 Å². The zero-order valence-corrected chi connectivity index (χ0v) is 12.6. The third kappa shape index (κ3) is 8.20. The summed E-state index contributed by atoms with van der Waals surface area (Å²) in [6.45, 7) is 8.49. The van der Waals surface area contributed by atoms with Crippen LogP contribution >= 0.6 is 0 Å². The lowest BCUT2D eigenvalue weighted by Gasteiger charge is -2.04. The van der Waals surface area contributed by atoms with Crippen LogP contribution < -0.4 is 0 Å². The molecule has 0 unspecified atom stereocenters. The molecular weight excluding hydrogens is 236 g/mol. The summed E-state index contributed by atoms with van der Waals surface area (Å²) in [5, 5.41) is 0. The van der Waals surface area contributed by atoms with Gasteiger partial charge < -0.3 is 4.74 Å². The van der Waals surface area contributed by atoms with Crippen molar-refractivity contribution in [2.45, 2.75) is 47.0 Å². The molecule has 2 nitrogen and oxygen atoms in total. The molecule has 0 fully saturated rings. The van der Waals surface area contributed by atoms with E-state index in [0.29, 0.717) is 13.0 Å². The van der Waals surface area contributed by atoms with E-state index in [0.717, 1.165) is 18.4 Å². The van der Waals surface area contributed by atoms with Gasteiger partial charge >= 0.3 is 5.97 Å². The molecule has 19 heavy (non-hydrogen) atoms. The van der Waals surface area contributed by atoms with Crippen LogP contribution in [0.2, 0.25) is 0 Å². The Balaban J connectivity index is 4.83. The second-order valence-corrected chi connectivity index (χ2v) is 4.05. The highest BCUT2D eigenvalue weighted by atomic mass is 16.5. The summed E-state index contributed by atoms with van der Waals surface area (Å²) < 4.78 is 4.90. The van der Waals surface area contributed by atoms with Gasteiger partial charge in [0.1, 0.15) is 0 Å². The SMILES string of the molecule is CC=CC(=CCC)C(C=CCC(=O)OCC)=CCC. The first kappa shape index (κ1) is 17.4. The maximum Gasteiger partial charge on any atom is 0.309 e. The molecule has 0 aliphatic heterocycles. The van der Waals surface area contributed by atoms with E-state index in [1.165, 1.54) is 5.57 Å². The Morgan fingerprint density at radius 1 is 1.00 bits per heavy atom. The highest BCUT2D eigenvalue weighted by Crippen LogP contribution is 2.16. The summed E-state index contributed by atoms with van der Waals surface area (Å²) in [7, 11) is 0. The molecule has 106 valence electrons. The lowest BCUT2D eigenvalue weighted by Crippen LogP contribution is -2.01. The predicted molar refractivity (Wildman–Crippen MR) is 82.0 cm³/mol. The molecule has 0 aliphatic carbocycles. The molecule has 0 bridgehead atoms. The first-order valence-electron chi connectivity index (χ1n) is 7.05. The van der Waals surface area contributed by atoms with Crippen molar-refractivity contribution in [3.63, 3.8) is 0 Å². The van der Waals surface area contributed by atoms with Gasteiger partial charge in [-0.15, -0.1) is 0 Å². The average molecular weight is 262 g/mol. The monoisotopic (exact) mass is 262 g/mol. The van der Waals surface area contributed by atoms with Gasteiger partial charge in [0.15, 0.2) is 0 Å². The number of esters is 1. The molecule has 0 aromatic carbocycles. The molecule has 0 saturated carbocycles. The topological polar surface area (TPSA) is 26.3 Å². The van der Waals surface area contributed by atoms with Crippen LogP contribution in [-0.4, -0.2) is 12.6 Å². The van der Waals surface area contributed by atoms with Crippen LogP contribution in [0.25, 0.3) is 0 Å². The summed E-state index contributed by atoms with van der Waals surface area (Å²) >= 11 is 0. The Morgan fingerprint density at radius 3 is 2.05 bits per heavy atom. The number of carbonyl (C=O) groups is 1. The molecular formula is C17H26O2. The first-order chi connectivity index (χ1) is 9.19. The fraction of sp³-hybridized carbons (Fsp3) is 0.471. The molecule has 0 spiro atoms. The summed E-state index contributed by atoms with van der Waals surface area (Å²) in [6, 6.07) is 0. The van der Waals surface area contributed by atoms with Crippen LogP contribution in [0.15, 0.2) is 47.6 Å². The number of carbonyl (C=O) groups excluding carboxylic acids is 1. The van der Waals surface area contributed by atoms with Gasteiger partial charge in [-0.3, -0.25) is 4.79 Å². The van der Waals surface area contributed by atoms with E-state index in [4.69, 9.17) is 4.74 Å². The van der Waals surface area contributed by atoms with Gasteiger partial charge in [0, 0.05) is 0 Å². The number of rotatable bonds is 8. The van der Waals surface area contributed by atoms with Crippen LogP contribution in [0.4, 0.5) is 0 Å². The van der Waals surface area contributed by atoms with Gasteiger partial charge in [0.05, 0.1) is 13.0 Å². The van der Waals surface area contributed by atoms with E-state index in [1.807, 2.05) is 32.1 Å². The summed E-state index contributed by atoms with van der Waals surface area (Å²) in [4.78, 5) is 11.3. The van der Waals surface area contributed by atoms with Gasteiger partial charge in [-0.05, 0) is 37.8 Å². The average Bonchev–Trinajstić information content (AvgIpc) is 2.38. The van der Waals surface area contributed by atoms with E-state index in [2.05, 4.69) is 32.1 Å². The Bertz CT molecular complexity index is 371. The van der Waals surface area contributed by atoms with Crippen molar-refractivity contribution >= 4 is 5.97 Å². The molecule has 0 saturated heterocycles. The summed E-state index contributed by atoms with van der Waals surface area (Å²) in [5.74, 6) is -0.179. The van der Waals surface area contributed by atoms with Crippen molar-refractivity contribution in [2.75, 3.05) is 6.61 Å². The molecule has 0 aromatic rings. The zero-order chi connectivity index (χ0) is 14.5. The van der Waals surface area contributed by atoms with Gasteiger partial charge in [0.25, 0.3) is 0 Å². The standard InChI is InChI=1S/C17H26O2/c1-5-10-15(11-6-2)16(12-7-3)13-9-14-17(18)19-8-4/h5,9-13H,6-8,14H2,1-4H3. The zero-order valence-electron chi connectivity index (χ0n) is 12.6. The van der Waals surface area contributed by atoms with Crippen molar-refractivity contribution in [2.24, 2.45) is 0 Å². The number of allylic oxidation sites excluding steroid dienone is 7. The number of ether oxygens (including phenoxy) is 1. The minimum absolute atomic E-state index is 0.179. The quantitative estimate of drug-likeness (QED) is 0.466. The molecule has 0 heterocycles. The Hall–Kier alpha value is -1.57. The Labute approximate surface area is 117 Å². The van der Waals surface area contributed by atoms with Crippen molar-refractivity contribution < 1.29 is 9.53 Å². The summed E-state index contributed by atoms with van der Waals surface area (Å²) in [5.41, 5.74) is 2.36. The van der Waals surface area contributed by atoms with Gasteiger partial charge in [-0.2, -0.15) is 0 Å². The van der Waals surface area contributed by atoms with E-state index < -0.39 is 0 Å². The third-order valence-electron chi connectivity index (χ3n) is 2.41. The lowest BCUT2D eigenvalue weighted by molar-refractivity contribution is -0.142. The first-order valence-corrected chi connectivity index (χ1v) is 7.05. The molecule has 0 amide bonds. The van der Waals surface area contributed by atoms with Crippen LogP contribution in [0.3, 0.4) is 0 Å². The molecule has 2 heteroatoms. The van der Waals surface area contributed by atoms with Gasteiger partial charge in [0.2, 0.25) is 0 Å². The van der Waals surface area contributed by atoms with Gasteiger partial charge in [-0.25, -0.2) is 0 Å². The van der Waals surface area contributed by atoms with Gasteiger partial charge in [-0.1, -0.05) is 50.3 Å². The van der Waals surface area contributed by atoms with Crippen molar-refractivity contribution in [1.29, 1.82) is 0 Å². The number of hydrogen-bond acceptors (Lipinski definition) is 2. The van der Waals surface area contributed by atoms with E-state index in [-0.39, 0.29) is 5.97 Å². The highest BCUT2D eigenvalue weighted by molar-refractivity contribution is 5.71.